The molecular formula is C3H2BrF5. The molecule has 0 aliphatic heterocycles. The van der Waals surface area contributed by atoms with Gasteiger partial charge in [0.25, 0.3) is 6.43 Å². The van der Waals surface area contributed by atoms with E-state index in [0.717, 1.165) is 0 Å². The van der Waals surface area contributed by atoms with Crippen molar-refractivity contribution < 1.29 is 22.0 Å². The summed E-state index contributed by atoms with van der Waals surface area (Å²) < 4.78 is 56.4. The quantitative estimate of drug-likeness (QED) is 0.488. The minimum absolute atomic E-state index is 1.46. The highest BCUT2D eigenvalue weighted by atomic mass is 79.9. The maximum atomic E-state index is 11.5. The Kier molecular flexibility index (Phi) is 2.85. The van der Waals surface area contributed by atoms with Gasteiger partial charge in [0.2, 0.25) is 6.17 Å². The van der Waals surface area contributed by atoms with Crippen LogP contribution in [0.25, 0.3) is 0 Å². The molecule has 0 radical (unpaired) electrons. The van der Waals surface area contributed by atoms with Crippen molar-refractivity contribution in [2.24, 2.45) is 0 Å². The lowest BCUT2D eigenvalue weighted by atomic mass is 10.4. The number of alkyl halides is 6. The first-order valence-electron chi connectivity index (χ1n) is 1.84. The van der Waals surface area contributed by atoms with Crippen molar-refractivity contribution in [2.75, 3.05) is 0 Å². The Balaban J connectivity index is 3.88. The summed E-state index contributed by atoms with van der Waals surface area (Å²) in [6.07, 6.45) is -7.09. The Morgan fingerprint density at radius 3 is 1.44 bits per heavy atom. The molecule has 0 fully saturated rings. The molecule has 0 saturated heterocycles. The molecule has 56 valence electrons. The summed E-state index contributed by atoms with van der Waals surface area (Å²) >= 11 is 1.46. The maximum Gasteiger partial charge on any atom is 0.337 e. The highest BCUT2D eigenvalue weighted by molar-refractivity contribution is 9.10. The fourth-order valence-corrected chi connectivity index (χ4v) is 0.343. The molecule has 0 saturated carbocycles. The van der Waals surface area contributed by atoms with E-state index >= 15 is 0 Å². The zero-order valence-electron chi connectivity index (χ0n) is 3.92. The van der Waals surface area contributed by atoms with E-state index in [1.54, 1.807) is 0 Å². The van der Waals surface area contributed by atoms with Crippen molar-refractivity contribution >= 4 is 15.9 Å². The van der Waals surface area contributed by atoms with Crippen LogP contribution in [0.2, 0.25) is 0 Å². The second-order valence-electron chi connectivity index (χ2n) is 1.28. The number of halogens is 6. The first kappa shape index (κ1) is 9.13. The average molecular weight is 213 g/mol. The highest BCUT2D eigenvalue weighted by Gasteiger charge is 2.43. The van der Waals surface area contributed by atoms with E-state index in [1.807, 2.05) is 0 Å². The third-order valence-electron chi connectivity index (χ3n) is 0.534. The Bertz CT molecular complexity index is 86.7. The summed E-state index contributed by atoms with van der Waals surface area (Å²) in [5.41, 5.74) is 0. The summed E-state index contributed by atoms with van der Waals surface area (Å²) in [4.78, 5) is -4.12. The van der Waals surface area contributed by atoms with Gasteiger partial charge in [0.15, 0.2) is 0 Å². The van der Waals surface area contributed by atoms with Crippen LogP contribution in [0.1, 0.15) is 0 Å². The van der Waals surface area contributed by atoms with Crippen molar-refractivity contribution in [3.8, 4) is 0 Å². The van der Waals surface area contributed by atoms with E-state index < -0.39 is 17.4 Å². The van der Waals surface area contributed by atoms with Crippen LogP contribution in [0, 0.1) is 0 Å². The third-order valence-corrected chi connectivity index (χ3v) is 0.971. The minimum Gasteiger partial charge on any atom is -0.233 e. The SMILES string of the molecule is FC(F)C(F)C(F)(F)Br. The van der Waals surface area contributed by atoms with E-state index in [2.05, 4.69) is 0 Å². The second-order valence-corrected chi connectivity index (χ2v) is 2.34. The molecule has 0 aliphatic carbocycles. The number of hydrogen-bond donors (Lipinski definition) is 0. The Morgan fingerprint density at radius 1 is 1.11 bits per heavy atom. The predicted molar refractivity (Wildman–Crippen MR) is 24.8 cm³/mol. The van der Waals surface area contributed by atoms with Gasteiger partial charge in [-0.1, -0.05) is 0 Å². The Labute approximate surface area is 56.2 Å². The minimum atomic E-state index is -4.12. The van der Waals surface area contributed by atoms with Crippen LogP contribution < -0.4 is 0 Å². The van der Waals surface area contributed by atoms with Gasteiger partial charge >= 0.3 is 4.83 Å². The van der Waals surface area contributed by atoms with Gasteiger partial charge < -0.3 is 0 Å². The zero-order chi connectivity index (χ0) is 7.65. The first-order chi connectivity index (χ1) is 3.85. The molecule has 9 heavy (non-hydrogen) atoms. The summed E-state index contributed by atoms with van der Waals surface area (Å²) in [6.45, 7) is 0. The van der Waals surface area contributed by atoms with Gasteiger partial charge in [-0.05, 0) is 15.9 Å². The molecule has 0 aliphatic rings. The Hall–Kier alpha value is 0.130. The van der Waals surface area contributed by atoms with Gasteiger partial charge in [0, 0.05) is 0 Å². The van der Waals surface area contributed by atoms with Crippen molar-refractivity contribution in [1.29, 1.82) is 0 Å². The molecule has 6 heteroatoms. The van der Waals surface area contributed by atoms with Crippen LogP contribution in [-0.2, 0) is 0 Å². The molecule has 0 N–H and O–H groups in total. The van der Waals surface area contributed by atoms with Crippen molar-refractivity contribution in [1.82, 2.24) is 0 Å². The van der Waals surface area contributed by atoms with E-state index in [-0.39, 0.29) is 0 Å². The van der Waals surface area contributed by atoms with Crippen molar-refractivity contribution in [3.63, 3.8) is 0 Å². The standard InChI is InChI=1S/C3H2BrF5/c4-3(8,9)1(5)2(6)7/h1-2H. The lowest BCUT2D eigenvalue weighted by molar-refractivity contribution is -0.0627. The van der Waals surface area contributed by atoms with Crippen molar-refractivity contribution in [2.45, 2.75) is 17.4 Å². The smallest absolute Gasteiger partial charge is 0.233 e. The molecule has 0 aromatic carbocycles. The molecule has 1 unspecified atom stereocenters. The molecule has 0 spiro atoms. The van der Waals surface area contributed by atoms with Gasteiger partial charge in [-0.3, -0.25) is 0 Å². The van der Waals surface area contributed by atoms with Gasteiger partial charge in [-0.2, -0.15) is 8.78 Å². The summed E-state index contributed by atoms with van der Waals surface area (Å²) in [5.74, 6) is 0. The normalized spacial score (nSPS) is 16.3. The van der Waals surface area contributed by atoms with E-state index in [9.17, 15) is 22.0 Å². The molecule has 1 atom stereocenters. The van der Waals surface area contributed by atoms with Crippen LogP contribution in [0.4, 0.5) is 22.0 Å². The number of hydrogen-bond acceptors (Lipinski definition) is 0. The molecule has 0 heterocycles. The Morgan fingerprint density at radius 2 is 1.44 bits per heavy atom. The van der Waals surface area contributed by atoms with E-state index in [4.69, 9.17) is 0 Å². The molecule has 0 aromatic heterocycles. The van der Waals surface area contributed by atoms with Gasteiger partial charge in [0.1, 0.15) is 0 Å². The maximum absolute atomic E-state index is 11.5. The zero-order valence-corrected chi connectivity index (χ0v) is 5.51. The van der Waals surface area contributed by atoms with Crippen LogP contribution in [0.5, 0.6) is 0 Å². The van der Waals surface area contributed by atoms with Gasteiger partial charge in [-0.25, -0.2) is 13.2 Å². The highest BCUT2D eigenvalue weighted by Crippen LogP contribution is 2.31. The molecule has 0 aromatic rings. The largest absolute Gasteiger partial charge is 0.337 e. The monoisotopic (exact) mass is 212 g/mol. The fourth-order valence-electron chi connectivity index (χ4n) is 0.143. The van der Waals surface area contributed by atoms with Crippen LogP contribution in [0.15, 0.2) is 0 Å². The third kappa shape index (κ3) is 2.98. The molecule has 0 bridgehead atoms. The van der Waals surface area contributed by atoms with Crippen LogP contribution >= 0.6 is 15.9 Å². The topological polar surface area (TPSA) is 0 Å². The van der Waals surface area contributed by atoms with E-state index in [1.165, 1.54) is 15.9 Å². The summed E-state index contributed by atoms with van der Waals surface area (Å²) in [7, 11) is 0. The fraction of sp³-hybridized carbons (Fsp3) is 1.00. The molecule has 0 rings (SSSR count). The molecular weight excluding hydrogens is 211 g/mol. The predicted octanol–water partition coefficient (Wildman–Crippen LogP) is 2.58. The van der Waals surface area contributed by atoms with Gasteiger partial charge in [-0.15, -0.1) is 0 Å². The lowest BCUT2D eigenvalue weighted by Crippen LogP contribution is -2.29. The lowest BCUT2D eigenvalue weighted by Gasteiger charge is -2.11. The van der Waals surface area contributed by atoms with Crippen LogP contribution in [0.3, 0.4) is 0 Å². The van der Waals surface area contributed by atoms with Crippen molar-refractivity contribution in [3.05, 3.63) is 0 Å². The average Bonchev–Trinajstić information content (AvgIpc) is 1.62. The first-order valence-corrected chi connectivity index (χ1v) is 2.64. The van der Waals surface area contributed by atoms with Crippen LogP contribution in [-0.4, -0.2) is 17.4 Å². The second kappa shape index (κ2) is 2.81. The summed E-state index contributed by atoms with van der Waals surface area (Å²) in [5, 5.41) is 0. The van der Waals surface area contributed by atoms with Gasteiger partial charge in [0.05, 0.1) is 0 Å². The molecule has 0 amide bonds. The summed E-state index contributed by atoms with van der Waals surface area (Å²) in [6, 6.07) is 0. The van der Waals surface area contributed by atoms with E-state index in [0.29, 0.717) is 0 Å². The molecule has 0 nitrogen and oxygen atoms in total. The number of rotatable bonds is 2.